The Morgan fingerprint density at radius 2 is 2.00 bits per heavy atom. The Morgan fingerprint density at radius 3 is 2.57 bits per heavy atom. The third-order valence-corrected chi connectivity index (χ3v) is 7.31. The topological polar surface area (TPSA) is 108 Å². The number of aryl methyl sites for hydroxylation is 1. The average Bonchev–Trinajstić information content (AvgIpc) is 3.20. The van der Waals surface area contributed by atoms with E-state index < -0.39 is 22.0 Å². The second-order valence-corrected chi connectivity index (χ2v) is 10.4. The van der Waals surface area contributed by atoms with Crippen LogP contribution in [0.15, 0.2) is 28.5 Å². The summed E-state index contributed by atoms with van der Waals surface area (Å²) in [5, 5.41) is 4.92. The van der Waals surface area contributed by atoms with Gasteiger partial charge in [-0.15, -0.1) is 11.3 Å². The molecular formula is C20H26N4O4S2. The third kappa shape index (κ3) is 4.55. The summed E-state index contributed by atoms with van der Waals surface area (Å²) < 4.78 is 28.6. The number of hydrogen-bond acceptors (Lipinski definition) is 6. The maximum Gasteiger partial charge on any atom is 0.244 e. The van der Waals surface area contributed by atoms with E-state index in [2.05, 4.69) is 15.0 Å². The fourth-order valence-electron chi connectivity index (χ4n) is 3.58. The number of rotatable bonds is 6. The number of nitrogens with one attached hydrogen (secondary N) is 2. The summed E-state index contributed by atoms with van der Waals surface area (Å²) in [5.41, 5.74) is 2.31. The van der Waals surface area contributed by atoms with Crippen LogP contribution in [-0.2, 0) is 26.0 Å². The summed E-state index contributed by atoms with van der Waals surface area (Å²) in [5.74, 6) is -0.812. The third-order valence-electron chi connectivity index (χ3n) is 5.00. The molecule has 1 aromatic heterocycles. The molecule has 1 aromatic carbocycles. The van der Waals surface area contributed by atoms with Gasteiger partial charge in [-0.05, 0) is 49.9 Å². The van der Waals surface area contributed by atoms with Crippen LogP contribution in [0, 0.1) is 12.8 Å². The molecule has 2 aromatic rings. The van der Waals surface area contributed by atoms with E-state index in [1.807, 2.05) is 13.8 Å². The monoisotopic (exact) mass is 450 g/mol. The Balaban J connectivity index is 1.83. The highest BCUT2D eigenvalue weighted by Gasteiger charge is 2.32. The second-order valence-electron chi connectivity index (χ2n) is 7.86. The first-order chi connectivity index (χ1) is 14.0. The van der Waals surface area contributed by atoms with Crippen LogP contribution in [-0.4, -0.2) is 37.3 Å². The van der Waals surface area contributed by atoms with E-state index in [4.69, 9.17) is 0 Å². The van der Waals surface area contributed by atoms with Crippen LogP contribution in [0.1, 0.15) is 39.0 Å². The van der Waals surface area contributed by atoms with E-state index in [1.54, 1.807) is 36.3 Å². The normalized spacial score (nSPS) is 17.1. The first-order valence-corrected chi connectivity index (χ1v) is 12.0. The van der Waals surface area contributed by atoms with E-state index in [9.17, 15) is 18.0 Å². The maximum absolute atomic E-state index is 13.0. The van der Waals surface area contributed by atoms with Gasteiger partial charge in [0, 0.05) is 24.0 Å². The standard InChI is InChI=1S/C20H26N4O4S2/c1-11(2)18(19(26)22-20-21-12(3)10-29-20)23-30(27,28)16-6-7-17-15(9-16)8-13(4)24(17)14(5)25/h6-7,9-11,13,18,23H,8H2,1-5H3,(H,21,22,26). The van der Waals surface area contributed by atoms with Crippen molar-refractivity contribution in [2.75, 3.05) is 10.2 Å². The first kappa shape index (κ1) is 22.4. The van der Waals surface area contributed by atoms with Crippen LogP contribution in [0.25, 0.3) is 0 Å². The van der Waals surface area contributed by atoms with Crippen molar-refractivity contribution >= 4 is 44.0 Å². The highest BCUT2D eigenvalue weighted by molar-refractivity contribution is 7.89. The van der Waals surface area contributed by atoms with Crippen LogP contribution >= 0.6 is 11.3 Å². The number of aromatic nitrogens is 1. The Labute approximate surface area is 180 Å². The zero-order valence-electron chi connectivity index (χ0n) is 17.6. The molecule has 2 amide bonds. The van der Waals surface area contributed by atoms with E-state index >= 15 is 0 Å². The number of carbonyl (C=O) groups excluding carboxylic acids is 2. The molecule has 0 radical (unpaired) electrons. The minimum Gasteiger partial charge on any atom is -0.309 e. The molecule has 10 heteroatoms. The summed E-state index contributed by atoms with van der Waals surface area (Å²) in [6.07, 6.45) is 0.579. The minimum absolute atomic E-state index is 0.0284. The molecule has 2 atom stereocenters. The molecule has 0 saturated heterocycles. The smallest absolute Gasteiger partial charge is 0.244 e. The summed E-state index contributed by atoms with van der Waals surface area (Å²) in [4.78, 5) is 30.5. The average molecular weight is 451 g/mol. The van der Waals surface area contributed by atoms with E-state index in [0.717, 1.165) is 16.9 Å². The molecule has 1 aliphatic rings. The van der Waals surface area contributed by atoms with Crippen molar-refractivity contribution < 1.29 is 18.0 Å². The van der Waals surface area contributed by atoms with Crippen molar-refractivity contribution in [1.82, 2.24) is 9.71 Å². The lowest BCUT2D eigenvalue weighted by molar-refractivity contribution is -0.118. The molecule has 3 rings (SSSR count). The SMILES string of the molecule is CC(=O)N1c2ccc(S(=O)(=O)NC(C(=O)Nc3nc(C)cs3)C(C)C)cc2CC1C. The van der Waals surface area contributed by atoms with Gasteiger partial charge in [0.2, 0.25) is 21.8 Å². The van der Waals surface area contributed by atoms with Crippen molar-refractivity contribution in [2.24, 2.45) is 5.92 Å². The van der Waals surface area contributed by atoms with Gasteiger partial charge in [0.25, 0.3) is 0 Å². The molecule has 162 valence electrons. The molecule has 0 fully saturated rings. The fourth-order valence-corrected chi connectivity index (χ4v) is 5.66. The first-order valence-electron chi connectivity index (χ1n) is 9.67. The lowest BCUT2D eigenvalue weighted by Crippen LogP contribution is -2.47. The molecule has 0 saturated carbocycles. The van der Waals surface area contributed by atoms with Crippen LogP contribution < -0.4 is 14.9 Å². The highest BCUT2D eigenvalue weighted by Crippen LogP contribution is 2.34. The number of thiazole rings is 1. The maximum atomic E-state index is 13.0. The van der Waals surface area contributed by atoms with Gasteiger partial charge in [-0.2, -0.15) is 4.72 Å². The lowest BCUT2D eigenvalue weighted by Gasteiger charge is -2.22. The quantitative estimate of drug-likeness (QED) is 0.703. The summed E-state index contributed by atoms with van der Waals surface area (Å²) >= 11 is 1.29. The molecule has 1 aliphatic heterocycles. The molecule has 0 aliphatic carbocycles. The Morgan fingerprint density at radius 1 is 1.30 bits per heavy atom. The fraction of sp³-hybridized carbons (Fsp3) is 0.450. The summed E-state index contributed by atoms with van der Waals surface area (Å²) in [7, 11) is -3.94. The molecule has 2 N–H and O–H groups in total. The number of nitrogens with zero attached hydrogens (tertiary/aromatic N) is 2. The second kappa shape index (κ2) is 8.44. The number of anilines is 2. The molecular weight excluding hydrogens is 424 g/mol. The van der Waals surface area contributed by atoms with Crippen LogP contribution in [0.5, 0.6) is 0 Å². The van der Waals surface area contributed by atoms with Gasteiger partial charge in [0.15, 0.2) is 5.13 Å². The van der Waals surface area contributed by atoms with Gasteiger partial charge in [-0.1, -0.05) is 13.8 Å². The van der Waals surface area contributed by atoms with Gasteiger partial charge >= 0.3 is 0 Å². The number of benzene rings is 1. The summed E-state index contributed by atoms with van der Waals surface area (Å²) in [6, 6.07) is 3.71. The molecule has 2 heterocycles. The number of sulfonamides is 1. The Kier molecular flexibility index (Phi) is 6.30. The van der Waals surface area contributed by atoms with Gasteiger partial charge in [0.1, 0.15) is 6.04 Å². The van der Waals surface area contributed by atoms with Crippen molar-refractivity contribution in [2.45, 2.75) is 58.0 Å². The predicted molar refractivity (Wildman–Crippen MR) is 117 cm³/mol. The zero-order chi connectivity index (χ0) is 22.2. The number of fused-ring (bicyclic) bond motifs is 1. The van der Waals surface area contributed by atoms with Crippen LogP contribution in [0.4, 0.5) is 10.8 Å². The van der Waals surface area contributed by atoms with Crippen molar-refractivity contribution in [3.63, 3.8) is 0 Å². The van der Waals surface area contributed by atoms with Gasteiger partial charge in [-0.3, -0.25) is 9.59 Å². The zero-order valence-corrected chi connectivity index (χ0v) is 19.2. The molecule has 8 nitrogen and oxygen atoms in total. The van der Waals surface area contributed by atoms with Crippen molar-refractivity contribution in [3.8, 4) is 0 Å². The number of carbonyl (C=O) groups is 2. The largest absolute Gasteiger partial charge is 0.309 e. The van der Waals surface area contributed by atoms with E-state index in [1.165, 1.54) is 24.3 Å². The Hall–Kier alpha value is -2.30. The molecule has 0 bridgehead atoms. The predicted octanol–water partition coefficient (Wildman–Crippen LogP) is 2.69. The minimum atomic E-state index is -3.94. The lowest BCUT2D eigenvalue weighted by atomic mass is 10.1. The van der Waals surface area contributed by atoms with E-state index in [0.29, 0.717) is 11.6 Å². The van der Waals surface area contributed by atoms with Crippen LogP contribution in [0.3, 0.4) is 0 Å². The van der Waals surface area contributed by atoms with Gasteiger partial charge in [-0.25, -0.2) is 13.4 Å². The number of hydrogen-bond donors (Lipinski definition) is 2. The van der Waals surface area contributed by atoms with Crippen LogP contribution in [0.2, 0.25) is 0 Å². The molecule has 2 unspecified atom stereocenters. The van der Waals surface area contributed by atoms with Gasteiger partial charge in [0.05, 0.1) is 10.6 Å². The Bertz CT molecular complexity index is 1080. The van der Waals surface area contributed by atoms with E-state index in [-0.39, 0.29) is 22.8 Å². The van der Waals surface area contributed by atoms with Gasteiger partial charge < -0.3 is 10.2 Å². The summed E-state index contributed by atoms with van der Waals surface area (Å²) in [6.45, 7) is 8.78. The van der Waals surface area contributed by atoms with Crippen molar-refractivity contribution in [3.05, 3.63) is 34.8 Å². The van der Waals surface area contributed by atoms with Crippen molar-refractivity contribution in [1.29, 1.82) is 0 Å². The number of amides is 2. The molecule has 30 heavy (non-hydrogen) atoms. The highest BCUT2D eigenvalue weighted by atomic mass is 32.2. The molecule has 0 spiro atoms.